The van der Waals surface area contributed by atoms with Gasteiger partial charge in [-0.05, 0) is 60.9 Å². The molecule has 2 amide bonds. The number of hydrogen-bond acceptors (Lipinski definition) is 10. The SMILES string of the molecule is C=CCOc1c(C)c2c(c3c1C[C@H]1C(O)OC[C@@H]3N1C(=O)[C@H](Cc1cc(O[Si](C)(C)C(C)(C)C)c(OC)c(O[Si](C)(C)C(C)(C)C)c1)NC(=O)CC=C)OCO2. The van der Waals surface area contributed by atoms with Crippen molar-refractivity contribution in [2.45, 2.75) is 128 Å². The number of rotatable bonds is 14. The zero-order chi connectivity index (χ0) is 41.5. The molecule has 2 aromatic rings. The highest BCUT2D eigenvalue weighted by molar-refractivity contribution is 6.75. The van der Waals surface area contributed by atoms with Gasteiger partial charge in [-0.2, -0.15) is 0 Å². The Morgan fingerprint density at radius 3 is 2.11 bits per heavy atom. The van der Waals surface area contributed by atoms with Crippen molar-refractivity contribution in [2.24, 2.45) is 0 Å². The van der Waals surface area contributed by atoms with E-state index >= 15 is 4.79 Å². The Kier molecular flexibility index (Phi) is 12.4. The lowest BCUT2D eigenvalue weighted by Crippen LogP contribution is -2.62. The van der Waals surface area contributed by atoms with Crippen LogP contribution in [-0.2, 0) is 27.2 Å². The molecule has 0 spiro atoms. The minimum atomic E-state index is -2.40. The number of ether oxygens (including phenoxy) is 5. The molecule has 3 aliphatic heterocycles. The van der Waals surface area contributed by atoms with Gasteiger partial charge in [-0.15, -0.1) is 6.58 Å². The van der Waals surface area contributed by atoms with Crippen LogP contribution in [0, 0.1) is 6.92 Å². The molecule has 0 radical (unpaired) electrons. The van der Waals surface area contributed by atoms with Gasteiger partial charge >= 0.3 is 0 Å². The van der Waals surface area contributed by atoms with Crippen LogP contribution in [-0.4, -0.2) is 83.9 Å². The number of methoxy groups -OCH3 is 1. The summed E-state index contributed by atoms with van der Waals surface area (Å²) in [5.41, 5.74) is 3.00. The van der Waals surface area contributed by atoms with Gasteiger partial charge in [0.25, 0.3) is 16.6 Å². The van der Waals surface area contributed by atoms with Crippen LogP contribution in [0.25, 0.3) is 0 Å². The second-order valence-electron chi connectivity index (χ2n) is 17.9. The summed E-state index contributed by atoms with van der Waals surface area (Å²) in [6.45, 7) is 31.4. The summed E-state index contributed by atoms with van der Waals surface area (Å²) in [6.07, 6.45) is 2.18. The average Bonchev–Trinajstić information content (AvgIpc) is 3.58. The molecule has 2 N–H and O–H groups in total. The smallest absolute Gasteiger partial charge is 0.250 e. The summed E-state index contributed by atoms with van der Waals surface area (Å²) >= 11 is 0. The monoisotopic (exact) mass is 810 g/mol. The maximum absolute atomic E-state index is 15.2. The van der Waals surface area contributed by atoms with Crippen molar-refractivity contribution >= 4 is 28.4 Å². The van der Waals surface area contributed by atoms with Crippen LogP contribution < -0.4 is 33.1 Å². The quantitative estimate of drug-likeness (QED) is 0.146. The number of hydrogen-bond donors (Lipinski definition) is 2. The Morgan fingerprint density at radius 2 is 1.57 bits per heavy atom. The molecule has 0 aromatic heterocycles. The van der Waals surface area contributed by atoms with Gasteiger partial charge in [0.2, 0.25) is 24.4 Å². The Labute approximate surface area is 334 Å². The van der Waals surface area contributed by atoms with E-state index in [4.69, 9.17) is 32.5 Å². The number of amides is 2. The summed E-state index contributed by atoms with van der Waals surface area (Å²) in [5.74, 6) is 2.46. The molecule has 308 valence electrons. The van der Waals surface area contributed by atoms with Crippen molar-refractivity contribution < 1.29 is 47.2 Å². The predicted molar refractivity (Wildman–Crippen MR) is 221 cm³/mol. The molecule has 1 fully saturated rings. The topological polar surface area (TPSA) is 134 Å². The summed E-state index contributed by atoms with van der Waals surface area (Å²) in [4.78, 5) is 30.2. The van der Waals surface area contributed by atoms with Crippen molar-refractivity contribution in [3.05, 3.63) is 59.7 Å². The van der Waals surface area contributed by atoms with Gasteiger partial charge in [0.15, 0.2) is 29.3 Å². The predicted octanol–water partition coefficient (Wildman–Crippen LogP) is 7.51. The molecule has 14 heteroatoms. The highest BCUT2D eigenvalue weighted by atomic mass is 28.4. The Balaban J connectivity index is 1.64. The van der Waals surface area contributed by atoms with Crippen molar-refractivity contribution in [2.75, 3.05) is 27.1 Å². The van der Waals surface area contributed by atoms with Crippen molar-refractivity contribution in [3.8, 4) is 34.5 Å². The first kappa shape index (κ1) is 43.1. The molecule has 2 aromatic carbocycles. The van der Waals surface area contributed by atoms with E-state index in [1.807, 2.05) is 19.1 Å². The van der Waals surface area contributed by atoms with Crippen LogP contribution in [0.1, 0.15) is 76.3 Å². The molecular formula is C42H62N2O10Si2. The largest absolute Gasteiger partial charge is 0.541 e. The summed E-state index contributed by atoms with van der Waals surface area (Å²) < 4.78 is 43.9. The van der Waals surface area contributed by atoms with Gasteiger partial charge in [0.1, 0.15) is 18.4 Å². The molecule has 1 unspecified atom stereocenters. The molecule has 3 aliphatic rings. The van der Waals surface area contributed by atoms with E-state index in [0.717, 1.165) is 11.1 Å². The highest BCUT2D eigenvalue weighted by Crippen LogP contribution is 2.54. The zero-order valence-corrected chi connectivity index (χ0v) is 37.3. The van der Waals surface area contributed by atoms with Gasteiger partial charge in [-0.25, -0.2) is 0 Å². The van der Waals surface area contributed by atoms with Gasteiger partial charge in [-0.1, -0.05) is 60.3 Å². The first-order valence-electron chi connectivity index (χ1n) is 19.4. The lowest BCUT2D eigenvalue weighted by molar-refractivity contribution is -0.209. The van der Waals surface area contributed by atoms with E-state index in [1.54, 1.807) is 18.1 Å². The number of benzene rings is 2. The van der Waals surface area contributed by atoms with Gasteiger partial charge in [-0.3, -0.25) is 9.59 Å². The third-order valence-corrected chi connectivity index (χ3v) is 20.6. The minimum absolute atomic E-state index is 0.00918. The van der Waals surface area contributed by atoms with Crippen molar-refractivity contribution in [1.82, 2.24) is 10.2 Å². The van der Waals surface area contributed by atoms with E-state index in [9.17, 15) is 9.90 Å². The Morgan fingerprint density at radius 1 is 0.982 bits per heavy atom. The minimum Gasteiger partial charge on any atom is -0.541 e. The molecule has 5 rings (SSSR count). The molecule has 0 aliphatic carbocycles. The van der Waals surface area contributed by atoms with E-state index in [-0.39, 0.29) is 61.2 Å². The number of nitrogens with zero attached hydrogens (tertiary/aromatic N) is 1. The maximum atomic E-state index is 15.2. The Hall–Kier alpha value is -3.99. The molecule has 2 bridgehead atoms. The lowest BCUT2D eigenvalue weighted by Gasteiger charge is -2.50. The molecular weight excluding hydrogens is 749 g/mol. The first-order valence-corrected chi connectivity index (χ1v) is 25.2. The third-order valence-electron chi connectivity index (χ3n) is 12.0. The fourth-order valence-corrected chi connectivity index (χ4v) is 8.91. The summed E-state index contributed by atoms with van der Waals surface area (Å²) in [5, 5.41) is 14.1. The summed E-state index contributed by atoms with van der Waals surface area (Å²) in [7, 11) is -3.20. The zero-order valence-electron chi connectivity index (χ0n) is 35.3. The molecule has 12 nitrogen and oxygen atoms in total. The lowest BCUT2D eigenvalue weighted by atomic mass is 9.83. The second-order valence-corrected chi connectivity index (χ2v) is 27.4. The van der Waals surface area contributed by atoms with Crippen LogP contribution in [0.3, 0.4) is 0 Å². The molecule has 1 saturated heterocycles. The van der Waals surface area contributed by atoms with Crippen LogP contribution in [0.4, 0.5) is 0 Å². The van der Waals surface area contributed by atoms with Crippen LogP contribution in [0.15, 0.2) is 37.4 Å². The summed E-state index contributed by atoms with van der Waals surface area (Å²) in [6, 6.07) is 1.27. The number of carbonyl (C=O) groups excluding carboxylic acids is 2. The van der Waals surface area contributed by atoms with Crippen molar-refractivity contribution in [1.29, 1.82) is 0 Å². The fraction of sp³-hybridized carbons (Fsp3) is 0.571. The number of aliphatic hydroxyl groups is 1. The fourth-order valence-electron chi connectivity index (χ4n) is 6.89. The number of nitrogens with one attached hydrogen (secondary N) is 1. The van der Waals surface area contributed by atoms with Gasteiger partial charge < -0.3 is 47.9 Å². The van der Waals surface area contributed by atoms with E-state index < -0.39 is 41.1 Å². The molecule has 3 heterocycles. The highest BCUT2D eigenvalue weighted by Gasteiger charge is 2.51. The normalized spacial score (nSPS) is 19.7. The van der Waals surface area contributed by atoms with Crippen molar-refractivity contribution in [3.63, 3.8) is 0 Å². The maximum Gasteiger partial charge on any atom is 0.250 e. The number of aliphatic hydroxyl groups excluding tert-OH is 1. The van der Waals surface area contributed by atoms with Crippen LogP contribution in [0.2, 0.25) is 36.3 Å². The standard InChI is InChI=1S/C42H62N2O10Si2/c1-15-17-33(45)43-28(19-26-20-31(53-55(11,12)41(4,5)6)37(48-10)32(21-26)54-56(13,14)42(7,8)9)39(46)44-29-22-27-34(30(44)23-50-40(29)47)38-36(51-24-52-38)25(3)35(27)49-18-16-2/h15-16,20-21,28-30,40,47H,1-2,17-19,22-24H2,3-14H3,(H,43,45)/t28-,29-,30-,40?/m0/s1. The number of morpholine rings is 1. The molecule has 56 heavy (non-hydrogen) atoms. The number of carbonyl (C=O) groups is 2. The van der Waals surface area contributed by atoms with E-state index in [0.29, 0.717) is 45.6 Å². The molecule has 4 atom stereocenters. The van der Waals surface area contributed by atoms with Crippen LogP contribution in [0.5, 0.6) is 34.5 Å². The second kappa shape index (κ2) is 16.1. The van der Waals surface area contributed by atoms with Crippen LogP contribution >= 0.6 is 0 Å². The van der Waals surface area contributed by atoms with Gasteiger partial charge in [0.05, 0.1) is 25.8 Å². The molecule has 0 saturated carbocycles. The first-order chi connectivity index (χ1) is 26.1. The third kappa shape index (κ3) is 8.34. The van der Waals surface area contributed by atoms with E-state index in [1.165, 1.54) is 6.08 Å². The average molecular weight is 811 g/mol. The number of fused-ring (bicyclic) bond motifs is 6. The Bertz CT molecular complexity index is 1800. The van der Waals surface area contributed by atoms with E-state index in [2.05, 4.69) is 86.2 Å². The van der Waals surface area contributed by atoms with Gasteiger partial charge in [0, 0.05) is 36.0 Å².